The van der Waals surface area contributed by atoms with Crippen LogP contribution in [0, 0.1) is 11.8 Å². The van der Waals surface area contributed by atoms with Gasteiger partial charge in [0.2, 0.25) is 0 Å². The van der Waals surface area contributed by atoms with E-state index in [1.54, 1.807) is 32.3 Å². The molecule has 0 aliphatic heterocycles. The van der Waals surface area contributed by atoms with Crippen molar-refractivity contribution in [3.63, 3.8) is 0 Å². The van der Waals surface area contributed by atoms with Crippen molar-refractivity contribution in [3.05, 3.63) is 34.3 Å². The van der Waals surface area contributed by atoms with E-state index in [1.807, 2.05) is 0 Å². The lowest BCUT2D eigenvalue weighted by Crippen LogP contribution is -2.21. The van der Waals surface area contributed by atoms with E-state index in [4.69, 9.17) is 17.3 Å². The molecule has 0 unspecified atom stereocenters. The maximum atomic E-state index is 11.6. The highest BCUT2D eigenvalue weighted by molar-refractivity contribution is 6.32. The van der Waals surface area contributed by atoms with Crippen LogP contribution in [0.3, 0.4) is 0 Å². The molecule has 1 aromatic rings. The molecule has 1 amide bonds. The number of nitrogens with zero attached hydrogens (tertiary/aromatic N) is 1. The maximum absolute atomic E-state index is 11.6. The van der Waals surface area contributed by atoms with Crippen LogP contribution in [0.25, 0.3) is 0 Å². The van der Waals surface area contributed by atoms with Gasteiger partial charge in [0.05, 0.1) is 11.6 Å². The summed E-state index contributed by atoms with van der Waals surface area (Å²) in [5, 5.41) is 0.466. The van der Waals surface area contributed by atoms with Crippen LogP contribution < -0.4 is 5.73 Å². The van der Waals surface area contributed by atoms with Gasteiger partial charge >= 0.3 is 0 Å². The van der Waals surface area contributed by atoms with Gasteiger partial charge in [-0.1, -0.05) is 23.4 Å². The second kappa shape index (κ2) is 5.55. The first-order valence-corrected chi connectivity index (χ1v) is 5.14. The van der Waals surface area contributed by atoms with Crippen LogP contribution in [0.4, 0.5) is 0 Å². The average molecular weight is 237 g/mol. The van der Waals surface area contributed by atoms with Crippen LogP contribution in [0.2, 0.25) is 5.02 Å². The summed E-state index contributed by atoms with van der Waals surface area (Å²) in [5.41, 5.74) is 6.50. The number of carbonyl (C=O) groups excluding carboxylic acids is 1. The minimum absolute atomic E-state index is 0.0831. The second-order valence-electron chi connectivity index (χ2n) is 3.40. The molecular formula is C12H13ClN2O. The van der Waals surface area contributed by atoms with Crippen molar-refractivity contribution in [3.8, 4) is 11.8 Å². The summed E-state index contributed by atoms with van der Waals surface area (Å²) in [7, 11) is 3.39. The maximum Gasteiger partial charge on any atom is 0.253 e. The van der Waals surface area contributed by atoms with E-state index in [2.05, 4.69) is 11.8 Å². The van der Waals surface area contributed by atoms with Gasteiger partial charge in [-0.15, -0.1) is 0 Å². The highest BCUT2D eigenvalue weighted by Gasteiger charge is 2.09. The van der Waals surface area contributed by atoms with E-state index >= 15 is 0 Å². The summed E-state index contributed by atoms with van der Waals surface area (Å²) in [6, 6.07) is 5.04. The molecule has 0 aliphatic carbocycles. The number of benzene rings is 1. The summed E-state index contributed by atoms with van der Waals surface area (Å²) in [4.78, 5) is 13.1. The summed E-state index contributed by atoms with van der Waals surface area (Å²) in [6.07, 6.45) is 0. The van der Waals surface area contributed by atoms with Crippen LogP contribution in [0.15, 0.2) is 18.2 Å². The summed E-state index contributed by atoms with van der Waals surface area (Å²) in [6.45, 7) is 0.286. The molecule has 0 aromatic heterocycles. The molecule has 4 heteroatoms. The first kappa shape index (κ1) is 12.6. The highest BCUT2D eigenvalue weighted by atomic mass is 35.5. The Morgan fingerprint density at radius 2 is 2.19 bits per heavy atom. The van der Waals surface area contributed by atoms with Gasteiger partial charge in [-0.05, 0) is 18.2 Å². The minimum atomic E-state index is -0.0831. The van der Waals surface area contributed by atoms with Crippen molar-refractivity contribution in [1.82, 2.24) is 4.90 Å². The van der Waals surface area contributed by atoms with Crippen LogP contribution in [0.5, 0.6) is 0 Å². The lowest BCUT2D eigenvalue weighted by atomic mass is 10.1. The van der Waals surface area contributed by atoms with Gasteiger partial charge in [0.15, 0.2) is 0 Å². The Kier molecular flexibility index (Phi) is 4.36. The van der Waals surface area contributed by atoms with Gasteiger partial charge < -0.3 is 10.6 Å². The Morgan fingerprint density at radius 1 is 1.50 bits per heavy atom. The molecule has 2 N–H and O–H groups in total. The summed E-state index contributed by atoms with van der Waals surface area (Å²) < 4.78 is 0. The molecule has 0 saturated carbocycles. The molecular weight excluding hydrogens is 224 g/mol. The molecule has 84 valence electrons. The van der Waals surface area contributed by atoms with Gasteiger partial charge in [0.25, 0.3) is 5.91 Å². The molecule has 0 heterocycles. The summed E-state index contributed by atoms with van der Waals surface area (Å²) in [5.74, 6) is 5.47. The Bertz CT molecular complexity index is 458. The number of carbonyl (C=O) groups is 1. The number of amides is 1. The quantitative estimate of drug-likeness (QED) is 0.749. The zero-order chi connectivity index (χ0) is 12.1. The van der Waals surface area contributed by atoms with E-state index in [0.29, 0.717) is 16.1 Å². The van der Waals surface area contributed by atoms with Crippen LogP contribution in [0.1, 0.15) is 15.9 Å². The van der Waals surface area contributed by atoms with E-state index in [-0.39, 0.29) is 12.5 Å². The topological polar surface area (TPSA) is 46.3 Å². The molecule has 0 atom stereocenters. The molecule has 0 aliphatic rings. The van der Waals surface area contributed by atoms with Crippen molar-refractivity contribution < 1.29 is 4.79 Å². The van der Waals surface area contributed by atoms with E-state index in [9.17, 15) is 4.79 Å². The van der Waals surface area contributed by atoms with Crippen molar-refractivity contribution >= 4 is 17.5 Å². The van der Waals surface area contributed by atoms with Crippen LogP contribution >= 0.6 is 11.6 Å². The molecule has 1 aromatic carbocycles. The molecule has 0 spiro atoms. The Hall–Kier alpha value is -1.50. The third-order valence-corrected chi connectivity index (χ3v) is 2.26. The SMILES string of the molecule is CN(C)C(=O)c1ccc(C#CCN)c(Cl)c1. The second-order valence-corrected chi connectivity index (χ2v) is 3.81. The molecule has 0 fully saturated rings. The fourth-order valence-corrected chi connectivity index (χ4v) is 1.38. The van der Waals surface area contributed by atoms with Crippen LogP contribution in [-0.4, -0.2) is 31.4 Å². The predicted molar refractivity (Wildman–Crippen MR) is 65.4 cm³/mol. The van der Waals surface area contributed by atoms with E-state index in [0.717, 1.165) is 0 Å². The van der Waals surface area contributed by atoms with Gasteiger partial charge in [0.1, 0.15) is 0 Å². The van der Waals surface area contributed by atoms with Gasteiger partial charge in [0, 0.05) is 25.2 Å². The molecule has 1 rings (SSSR count). The monoisotopic (exact) mass is 236 g/mol. The highest BCUT2D eigenvalue weighted by Crippen LogP contribution is 2.17. The molecule has 16 heavy (non-hydrogen) atoms. The van der Waals surface area contributed by atoms with E-state index < -0.39 is 0 Å². The van der Waals surface area contributed by atoms with Crippen molar-refractivity contribution in [2.75, 3.05) is 20.6 Å². The third kappa shape index (κ3) is 2.99. The van der Waals surface area contributed by atoms with Crippen molar-refractivity contribution in [1.29, 1.82) is 0 Å². The fraction of sp³-hybridized carbons (Fsp3) is 0.250. The third-order valence-electron chi connectivity index (χ3n) is 1.95. The number of rotatable bonds is 1. The van der Waals surface area contributed by atoms with Crippen molar-refractivity contribution in [2.45, 2.75) is 0 Å². The zero-order valence-corrected chi connectivity index (χ0v) is 10.0. The molecule has 3 nitrogen and oxygen atoms in total. The van der Waals surface area contributed by atoms with Gasteiger partial charge in [-0.25, -0.2) is 0 Å². The Labute approximate surface area is 100 Å². The largest absolute Gasteiger partial charge is 0.345 e. The Morgan fingerprint density at radius 3 is 2.69 bits per heavy atom. The first-order chi connectivity index (χ1) is 7.56. The number of hydrogen-bond donors (Lipinski definition) is 1. The normalized spacial score (nSPS) is 9.25. The zero-order valence-electron chi connectivity index (χ0n) is 9.25. The van der Waals surface area contributed by atoms with Gasteiger partial charge in [-0.3, -0.25) is 4.79 Å². The number of hydrogen-bond acceptors (Lipinski definition) is 2. The molecule has 0 radical (unpaired) electrons. The van der Waals surface area contributed by atoms with Crippen LogP contribution in [-0.2, 0) is 0 Å². The lowest BCUT2D eigenvalue weighted by molar-refractivity contribution is 0.0827. The summed E-state index contributed by atoms with van der Waals surface area (Å²) >= 11 is 6.00. The first-order valence-electron chi connectivity index (χ1n) is 4.76. The standard InChI is InChI=1S/C12H13ClN2O/c1-15(2)12(16)10-6-5-9(4-3-7-14)11(13)8-10/h5-6,8H,7,14H2,1-2H3. The Balaban J connectivity index is 3.04. The molecule has 0 saturated heterocycles. The van der Waals surface area contributed by atoms with E-state index in [1.165, 1.54) is 4.90 Å². The minimum Gasteiger partial charge on any atom is -0.345 e. The average Bonchev–Trinajstić information content (AvgIpc) is 2.26. The predicted octanol–water partition coefficient (Wildman–Crippen LogP) is 1.35. The smallest absolute Gasteiger partial charge is 0.253 e. The number of nitrogens with two attached hydrogens (primary N) is 1. The lowest BCUT2D eigenvalue weighted by Gasteiger charge is -2.10. The molecule has 0 bridgehead atoms. The fourth-order valence-electron chi connectivity index (χ4n) is 1.15. The van der Waals surface area contributed by atoms with Gasteiger partial charge in [-0.2, -0.15) is 0 Å². The van der Waals surface area contributed by atoms with Crippen molar-refractivity contribution in [2.24, 2.45) is 5.73 Å². The number of halogens is 1.